The van der Waals surface area contributed by atoms with Gasteiger partial charge in [0.15, 0.2) is 0 Å². The van der Waals surface area contributed by atoms with Crippen molar-refractivity contribution in [3.63, 3.8) is 0 Å². The summed E-state index contributed by atoms with van der Waals surface area (Å²) in [4.78, 5) is 0. The van der Waals surface area contributed by atoms with Gasteiger partial charge in [-0.15, -0.1) is 0 Å². The van der Waals surface area contributed by atoms with Crippen LogP contribution in [-0.4, -0.2) is 26.3 Å². The van der Waals surface area contributed by atoms with Crippen LogP contribution in [0.1, 0.15) is 29.7 Å². The van der Waals surface area contributed by atoms with Crippen LogP contribution in [0.15, 0.2) is 235 Å². The fraction of sp³-hybridized carbons (Fsp3) is 0.0476. The van der Waals surface area contributed by atoms with Gasteiger partial charge < -0.3 is 19.2 Å². The molecule has 10 aromatic carbocycles. The quantitative estimate of drug-likeness (QED) is 0.173. The number of halogens is 1. The third kappa shape index (κ3) is 7.97. The van der Waals surface area contributed by atoms with Crippen LogP contribution in [0.3, 0.4) is 0 Å². The Kier molecular flexibility index (Phi) is 11.7. The van der Waals surface area contributed by atoms with Gasteiger partial charge in [0, 0.05) is 37.4 Å². The van der Waals surface area contributed by atoms with E-state index in [0.717, 1.165) is 34.0 Å². The first-order valence-corrected chi connectivity index (χ1v) is 23.9. The maximum Gasteiger partial charge on any atom is 0.488 e. The van der Waals surface area contributed by atoms with Crippen LogP contribution >= 0.6 is 15.9 Å². The summed E-state index contributed by atoms with van der Waals surface area (Å²) in [6, 6.07) is 81.1. The second-order valence-corrected chi connectivity index (χ2v) is 18.5. The van der Waals surface area contributed by atoms with Gasteiger partial charge in [-0.25, -0.2) is 0 Å². The maximum atomic E-state index is 9.24. The fourth-order valence-electron chi connectivity index (χ4n) is 10.4. The number of benzene rings is 10. The molecule has 0 aliphatic heterocycles. The van der Waals surface area contributed by atoms with Gasteiger partial charge in [0.2, 0.25) is 0 Å². The number of hydrogen-bond acceptors (Lipinski definition) is 2. The van der Waals surface area contributed by atoms with Gasteiger partial charge in [-0.1, -0.05) is 187 Å². The van der Waals surface area contributed by atoms with Crippen molar-refractivity contribution in [2.75, 3.05) is 0 Å². The van der Waals surface area contributed by atoms with Crippen molar-refractivity contribution in [2.45, 2.75) is 20.3 Å². The highest BCUT2D eigenvalue weighted by atomic mass is 79.9. The Morgan fingerprint density at radius 1 is 0.348 bits per heavy atom. The Balaban J connectivity index is 0.000000122. The molecule has 0 unspecified atom stereocenters. The molecule has 6 heteroatoms. The Morgan fingerprint density at radius 2 is 0.710 bits per heavy atom. The molecule has 332 valence electrons. The number of fused-ring (bicyclic) bond motifs is 12. The number of aromatic nitrogens is 2. The second kappa shape index (κ2) is 18.4. The lowest BCUT2D eigenvalue weighted by Gasteiger charge is -2.10. The lowest BCUT2D eigenvalue weighted by Crippen LogP contribution is -2.29. The molecule has 69 heavy (non-hydrogen) atoms. The summed E-state index contributed by atoms with van der Waals surface area (Å²) in [5, 5.41) is 23.5. The molecule has 0 spiro atoms. The van der Waals surface area contributed by atoms with E-state index in [9.17, 15) is 10.0 Å². The van der Waals surface area contributed by atoms with Crippen molar-refractivity contribution in [1.82, 2.24) is 9.13 Å². The molecule has 0 radical (unpaired) electrons. The maximum absolute atomic E-state index is 9.24. The van der Waals surface area contributed by atoms with Gasteiger partial charge in [-0.2, -0.15) is 0 Å². The van der Waals surface area contributed by atoms with Crippen molar-refractivity contribution < 1.29 is 10.0 Å². The molecule has 14 rings (SSSR count). The largest absolute Gasteiger partial charge is 0.488 e. The third-order valence-electron chi connectivity index (χ3n) is 13.6. The summed E-state index contributed by atoms with van der Waals surface area (Å²) in [5.41, 5.74) is 21.3. The molecule has 0 atom stereocenters. The van der Waals surface area contributed by atoms with E-state index in [-0.39, 0.29) is 7.43 Å². The number of para-hydroxylation sites is 4. The first-order chi connectivity index (χ1) is 33.5. The zero-order valence-electron chi connectivity index (χ0n) is 37.1. The van der Waals surface area contributed by atoms with E-state index >= 15 is 0 Å². The first-order valence-electron chi connectivity index (χ1n) is 23.1. The van der Waals surface area contributed by atoms with Gasteiger partial charge in [-0.05, 0) is 141 Å². The zero-order valence-corrected chi connectivity index (χ0v) is 38.7. The molecule has 0 saturated heterocycles. The molecule has 2 aliphatic rings. The van der Waals surface area contributed by atoms with E-state index in [2.05, 4.69) is 207 Å². The molecule has 0 bridgehead atoms. The Labute approximate surface area is 411 Å². The lowest BCUT2D eigenvalue weighted by molar-refractivity contribution is 0.426. The molecule has 2 aromatic heterocycles. The minimum atomic E-state index is -1.44. The molecular weight excluding hydrogens is 907 g/mol. The predicted octanol–water partition coefficient (Wildman–Crippen LogP) is 15.1. The van der Waals surface area contributed by atoms with Crippen molar-refractivity contribution in [3.8, 4) is 44.8 Å². The van der Waals surface area contributed by atoms with E-state index < -0.39 is 7.12 Å². The molecule has 0 fully saturated rings. The van der Waals surface area contributed by atoms with Gasteiger partial charge in [0.25, 0.3) is 0 Å². The topological polar surface area (TPSA) is 50.3 Å². The van der Waals surface area contributed by atoms with Crippen LogP contribution in [0.25, 0.3) is 88.4 Å². The SMILES string of the molecule is Brc1ccc2c(c1)-c1ccccc1C2.C.OB(O)c1ccc(-n2c3ccccc3c3ccccc32)cc1.c1ccc2c(c1)Cc1ccc(-c3ccc(-n4c5ccccc5c5ccccc54)cc3)cc1-2. The van der Waals surface area contributed by atoms with Gasteiger partial charge >= 0.3 is 7.12 Å². The zero-order chi connectivity index (χ0) is 45.7. The third-order valence-corrected chi connectivity index (χ3v) is 14.1. The highest BCUT2D eigenvalue weighted by molar-refractivity contribution is 9.10. The van der Waals surface area contributed by atoms with Crippen LogP contribution in [0.5, 0.6) is 0 Å². The van der Waals surface area contributed by atoms with Gasteiger partial charge in [0.1, 0.15) is 0 Å². The molecule has 0 saturated carbocycles. The Morgan fingerprint density at radius 3 is 1.17 bits per heavy atom. The summed E-state index contributed by atoms with van der Waals surface area (Å²) in [5.74, 6) is 0. The summed E-state index contributed by atoms with van der Waals surface area (Å²) in [7, 11) is -1.44. The number of hydrogen-bond donors (Lipinski definition) is 2. The van der Waals surface area contributed by atoms with Gasteiger partial charge in [0.05, 0.1) is 22.1 Å². The van der Waals surface area contributed by atoms with Crippen LogP contribution in [0.4, 0.5) is 0 Å². The lowest BCUT2D eigenvalue weighted by atomic mass is 9.80. The average molecular weight is 956 g/mol. The minimum Gasteiger partial charge on any atom is -0.423 e. The monoisotopic (exact) mass is 954 g/mol. The minimum absolute atomic E-state index is 0. The molecule has 2 N–H and O–H groups in total. The van der Waals surface area contributed by atoms with E-state index in [0.29, 0.717) is 5.46 Å². The molecule has 0 amide bonds. The van der Waals surface area contributed by atoms with E-state index in [1.807, 2.05) is 36.4 Å². The van der Waals surface area contributed by atoms with Crippen molar-refractivity contribution in [1.29, 1.82) is 0 Å². The molecule has 2 aliphatic carbocycles. The fourth-order valence-corrected chi connectivity index (χ4v) is 10.8. The highest BCUT2D eigenvalue weighted by Crippen LogP contribution is 2.40. The predicted molar refractivity (Wildman–Crippen MR) is 294 cm³/mol. The van der Waals surface area contributed by atoms with Crippen LogP contribution in [0, 0.1) is 0 Å². The number of rotatable bonds is 4. The smallest absolute Gasteiger partial charge is 0.423 e. The van der Waals surface area contributed by atoms with Crippen LogP contribution < -0.4 is 5.46 Å². The van der Waals surface area contributed by atoms with E-state index in [1.165, 1.54) is 93.9 Å². The standard InChI is InChI=1S/C31H21N.C18H14BNO2.C13H9Br.CH4/c1-2-8-26-23(7-1)19-24-14-13-22(20-29(24)26)21-15-17-25(18-16-21)32-30-11-5-3-9-27(30)28-10-4-6-12-31(28)32;21-19(22)13-9-11-14(12-10-13)20-17-7-3-1-5-15(17)16-6-2-4-8-18(16)20;14-11-6-5-10-7-9-3-1-2-4-12(9)13(10)8-11;/h1-18,20H,19H2;1-12,21-22H;1-6,8H,7H2;1H4. The molecular formula is C63H48BBrN2O2. The first kappa shape index (κ1) is 43.8. The van der Waals surface area contributed by atoms with Crippen molar-refractivity contribution >= 4 is 72.1 Å². The highest BCUT2D eigenvalue weighted by Gasteiger charge is 2.20. The summed E-state index contributed by atoms with van der Waals surface area (Å²) in [6.45, 7) is 0. The van der Waals surface area contributed by atoms with Crippen LogP contribution in [0.2, 0.25) is 0 Å². The van der Waals surface area contributed by atoms with Crippen molar-refractivity contribution in [3.05, 3.63) is 257 Å². The second-order valence-electron chi connectivity index (χ2n) is 17.6. The Hall–Kier alpha value is -7.74. The summed E-state index contributed by atoms with van der Waals surface area (Å²) < 4.78 is 5.72. The average Bonchev–Trinajstić information content (AvgIpc) is 4.14. The van der Waals surface area contributed by atoms with Crippen LogP contribution in [-0.2, 0) is 12.8 Å². The van der Waals surface area contributed by atoms with Crippen molar-refractivity contribution in [2.24, 2.45) is 0 Å². The summed E-state index contributed by atoms with van der Waals surface area (Å²) >= 11 is 3.52. The summed E-state index contributed by atoms with van der Waals surface area (Å²) in [6.07, 6.45) is 2.12. The molecule has 2 heterocycles. The number of nitrogens with zero attached hydrogens (tertiary/aromatic N) is 2. The Bertz CT molecular complexity index is 3740. The van der Waals surface area contributed by atoms with E-state index in [1.54, 1.807) is 12.1 Å². The van der Waals surface area contributed by atoms with Gasteiger partial charge in [-0.3, -0.25) is 0 Å². The molecule has 12 aromatic rings. The molecule has 4 nitrogen and oxygen atoms in total. The van der Waals surface area contributed by atoms with E-state index in [4.69, 9.17) is 0 Å². The normalized spacial score (nSPS) is 11.8.